The molecule has 0 bridgehead atoms. The number of carbonyl (C=O) groups excluding carboxylic acids is 1. The van der Waals surface area contributed by atoms with E-state index in [1.807, 2.05) is 13.8 Å². The molecule has 1 N–H and O–H groups in total. The second-order valence-electron chi connectivity index (χ2n) is 4.20. The smallest absolute Gasteiger partial charge is 0.265 e. The van der Waals surface area contributed by atoms with Gasteiger partial charge in [-0.3, -0.25) is 4.79 Å². The first-order chi connectivity index (χ1) is 8.10. The summed E-state index contributed by atoms with van der Waals surface area (Å²) in [5, 5.41) is 7.93. The maximum Gasteiger partial charge on any atom is 0.265 e. The summed E-state index contributed by atoms with van der Waals surface area (Å²) in [5.74, 6) is 0.183. The Hall–Kier alpha value is -0.490. The Labute approximate surface area is 114 Å². The van der Waals surface area contributed by atoms with Crippen LogP contribution in [0.2, 0.25) is 0 Å². The summed E-state index contributed by atoms with van der Waals surface area (Å²) in [4.78, 5) is 12.7. The van der Waals surface area contributed by atoms with Crippen LogP contribution in [0.25, 0.3) is 0 Å². The average Bonchev–Trinajstić information content (AvgIpc) is 2.77. The van der Waals surface area contributed by atoms with Crippen LogP contribution >= 0.6 is 27.5 Å². The van der Waals surface area contributed by atoms with E-state index in [0.717, 1.165) is 23.9 Å². The van der Waals surface area contributed by atoms with Crippen LogP contribution in [0.3, 0.4) is 0 Å². The lowest BCUT2D eigenvalue weighted by molar-refractivity contribution is 0.0938. The van der Waals surface area contributed by atoms with Gasteiger partial charge in [-0.05, 0) is 30.3 Å². The van der Waals surface area contributed by atoms with E-state index in [1.54, 1.807) is 0 Å². The normalized spacial score (nSPS) is 12.8. The molecule has 1 rings (SSSR count). The topological polar surface area (TPSA) is 54.9 Å². The monoisotopic (exact) mass is 319 g/mol. The standard InChI is InChI=1S/C11H18BrN3OS/c1-4-8(5-6-12)13-11(16)10-9(7(2)3)14-15-17-10/h7-8H,4-6H2,1-3H3,(H,13,16). The Morgan fingerprint density at radius 2 is 2.24 bits per heavy atom. The van der Waals surface area contributed by atoms with Crippen LogP contribution < -0.4 is 5.32 Å². The molecule has 0 aliphatic carbocycles. The van der Waals surface area contributed by atoms with Crippen LogP contribution in [0, 0.1) is 0 Å². The molecular weight excluding hydrogens is 302 g/mol. The molecule has 0 aliphatic rings. The van der Waals surface area contributed by atoms with Gasteiger partial charge in [0, 0.05) is 11.4 Å². The van der Waals surface area contributed by atoms with Crippen LogP contribution in [0.1, 0.15) is 54.9 Å². The zero-order valence-electron chi connectivity index (χ0n) is 10.4. The molecule has 1 amide bonds. The van der Waals surface area contributed by atoms with Crippen LogP contribution in [0.5, 0.6) is 0 Å². The zero-order valence-corrected chi connectivity index (χ0v) is 12.8. The van der Waals surface area contributed by atoms with E-state index in [-0.39, 0.29) is 17.9 Å². The fraction of sp³-hybridized carbons (Fsp3) is 0.727. The highest BCUT2D eigenvalue weighted by molar-refractivity contribution is 9.09. The Kier molecular flexibility index (Phi) is 6.05. The molecule has 0 fully saturated rings. The first-order valence-corrected chi connectivity index (χ1v) is 7.68. The van der Waals surface area contributed by atoms with E-state index in [0.29, 0.717) is 4.88 Å². The van der Waals surface area contributed by atoms with Crippen molar-refractivity contribution in [1.29, 1.82) is 0 Å². The molecule has 1 unspecified atom stereocenters. The summed E-state index contributed by atoms with van der Waals surface area (Å²) >= 11 is 4.57. The van der Waals surface area contributed by atoms with Gasteiger partial charge in [0.2, 0.25) is 0 Å². The predicted molar refractivity (Wildman–Crippen MR) is 74.0 cm³/mol. The molecule has 4 nitrogen and oxygen atoms in total. The van der Waals surface area contributed by atoms with Crippen molar-refractivity contribution in [2.45, 2.75) is 45.6 Å². The molecule has 17 heavy (non-hydrogen) atoms. The molecule has 0 saturated carbocycles. The number of nitrogens with one attached hydrogen (secondary N) is 1. The molecule has 1 aromatic heterocycles. The van der Waals surface area contributed by atoms with Crippen LogP contribution in [-0.2, 0) is 0 Å². The minimum atomic E-state index is -0.0449. The van der Waals surface area contributed by atoms with Crippen molar-refractivity contribution in [3.05, 3.63) is 10.6 Å². The van der Waals surface area contributed by atoms with Crippen molar-refractivity contribution in [3.8, 4) is 0 Å². The Bertz CT molecular complexity index is 367. The van der Waals surface area contributed by atoms with Crippen molar-refractivity contribution < 1.29 is 4.79 Å². The van der Waals surface area contributed by atoms with Crippen molar-refractivity contribution in [2.24, 2.45) is 0 Å². The number of amides is 1. The first kappa shape index (κ1) is 14.6. The molecule has 0 spiro atoms. The van der Waals surface area contributed by atoms with Crippen LogP contribution in [0.4, 0.5) is 0 Å². The second-order valence-corrected chi connectivity index (χ2v) is 5.75. The molecular formula is C11H18BrN3OS. The molecule has 0 saturated heterocycles. The van der Waals surface area contributed by atoms with Crippen molar-refractivity contribution in [1.82, 2.24) is 14.9 Å². The number of nitrogens with zero attached hydrogens (tertiary/aromatic N) is 2. The van der Waals surface area contributed by atoms with E-state index in [4.69, 9.17) is 0 Å². The summed E-state index contributed by atoms with van der Waals surface area (Å²) in [5.41, 5.74) is 0.793. The second kappa shape index (κ2) is 7.06. The number of aromatic nitrogens is 2. The largest absolute Gasteiger partial charge is 0.348 e. The Morgan fingerprint density at radius 3 is 2.76 bits per heavy atom. The fourth-order valence-corrected chi connectivity index (χ4v) is 2.77. The molecule has 96 valence electrons. The van der Waals surface area contributed by atoms with Gasteiger partial charge in [-0.15, -0.1) is 5.10 Å². The predicted octanol–water partition coefficient (Wildman–Crippen LogP) is 2.95. The third-order valence-corrected chi connectivity index (χ3v) is 3.75. The van der Waals surface area contributed by atoms with Gasteiger partial charge in [0.05, 0.1) is 5.69 Å². The number of halogens is 1. The highest BCUT2D eigenvalue weighted by Crippen LogP contribution is 2.19. The first-order valence-electron chi connectivity index (χ1n) is 5.79. The van der Waals surface area contributed by atoms with Gasteiger partial charge in [0.25, 0.3) is 5.91 Å². The van der Waals surface area contributed by atoms with Gasteiger partial charge >= 0.3 is 0 Å². The maximum atomic E-state index is 12.1. The lowest BCUT2D eigenvalue weighted by Gasteiger charge is -2.15. The Balaban J connectivity index is 2.72. The summed E-state index contributed by atoms with van der Waals surface area (Å²) < 4.78 is 3.87. The lowest BCUT2D eigenvalue weighted by atomic mass is 10.1. The molecule has 0 aliphatic heterocycles. The van der Waals surface area contributed by atoms with E-state index in [1.165, 1.54) is 11.5 Å². The van der Waals surface area contributed by atoms with Gasteiger partial charge in [0.1, 0.15) is 4.88 Å². The minimum absolute atomic E-state index is 0.0449. The third kappa shape index (κ3) is 4.03. The van der Waals surface area contributed by atoms with E-state index in [9.17, 15) is 4.79 Å². The maximum absolute atomic E-state index is 12.1. The zero-order chi connectivity index (χ0) is 12.8. The number of hydrogen-bond acceptors (Lipinski definition) is 4. The minimum Gasteiger partial charge on any atom is -0.348 e. The fourth-order valence-electron chi connectivity index (χ4n) is 1.49. The molecule has 1 atom stereocenters. The molecule has 1 aromatic rings. The van der Waals surface area contributed by atoms with Crippen LogP contribution in [-0.4, -0.2) is 26.9 Å². The van der Waals surface area contributed by atoms with E-state index >= 15 is 0 Å². The van der Waals surface area contributed by atoms with Crippen LogP contribution in [0.15, 0.2) is 0 Å². The number of carbonyl (C=O) groups is 1. The van der Waals surface area contributed by atoms with Gasteiger partial charge in [-0.2, -0.15) is 0 Å². The lowest BCUT2D eigenvalue weighted by Crippen LogP contribution is -2.34. The number of hydrogen-bond donors (Lipinski definition) is 1. The van der Waals surface area contributed by atoms with Gasteiger partial charge in [-0.25, -0.2) is 0 Å². The molecule has 0 radical (unpaired) electrons. The van der Waals surface area contributed by atoms with Crippen molar-refractivity contribution in [2.75, 3.05) is 5.33 Å². The molecule has 1 heterocycles. The summed E-state index contributed by atoms with van der Waals surface area (Å²) in [6.07, 6.45) is 1.87. The van der Waals surface area contributed by atoms with Gasteiger partial charge < -0.3 is 5.32 Å². The average molecular weight is 320 g/mol. The summed E-state index contributed by atoms with van der Waals surface area (Å²) in [7, 11) is 0. The highest BCUT2D eigenvalue weighted by Gasteiger charge is 2.20. The van der Waals surface area contributed by atoms with Crippen molar-refractivity contribution >= 4 is 33.4 Å². The highest BCUT2D eigenvalue weighted by atomic mass is 79.9. The van der Waals surface area contributed by atoms with E-state index in [2.05, 4.69) is 37.8 Å². The molecule has 6 heteroatoms. The summed E-state index contributed by atoms with van der Waals surface area (Å²) in [6, 6.07) is 0.212. The van der Waals surface area contributed by atoms with Crippen molar-refractivity contribution in [3.63, 3.8) is 0 Å². The van der Waals surface area contributed by atoms with Gasteiger partial charge in [-0.1, -0.05) is 41.2 Å². The third-order valence-electron chi connectivity index (χ3n) is 2.55. The number of rotatable bonds is 6. The van der Waals surface area contributed by atoms with E-state index < -0.39 is 0 Å². The summed E-state index contributed by atoms with van der Waals surface area (Å²) in [6.45, 7) is 6.11. The Morgan fingerprint density at radius 1 is 1.53 bits per heavy atom. The quantitative estimate of drug-likeness (QED) is 0.820. The number of alkyl halides is 1. The SMILES string of the molecule is CCC(CCBr)NC(=O)c1snnc1C(C)C. The molecule has 0 aromatic carbocycles. The van der Waals surface area contributed by atoms with Gasteiger partial charge in [0.15, 0.2) is 0 Å².